The molecule has 0 saturated carbocycles. The first-order valence-corrected chi connectivity index (χ1v) is 7.77. The summed E-state index contributed by atoms with van der Waals surface area (Å²) in [6.45, 7) is 1.31. The normalized spacial score (nSPS) is 10.7. The van der Waals surface area contributed by atoms with Crippen molar-refractivity contribution in [3.8, 4) is 5.75 Å². The topological polar surface area (TPSA) is 93.8 Å². The third kappa shape index (κ3) is 5.44. The second kappa shape index (κ2) is 8.46. The van der Waals surface area contributed by atoms with Crippen LogP contribution in [0.2, 0.25) is 10.0 Å². The molecule has 0 aromatic heterocycles. The summed E-state index contributed by atoms with van der Waals surface area (Å²) in [5.41, 5.74) is 3.41. The predicted molar refractivity (Wildman–Crippen MR) is 95.5 cm³/mol. The highest BCUT2D eigenvalue weighted by molar-refractivity contribution is 6.42. The lowest BCUT2D eigenvalue weighted by Gasteiger charge is -2.06. The zero-order valence-electron chi connectivity index (χ0n) is 13.0. The van der Waals surface area contributed by atoms with E-state index in [1.807, 2.05) is 0 Å². The molecule has 2 aromatic rings. The average Bonchev–Trinajstić information content (AvgIpc) is 2.56. The van der Waals surface area contributed by atoms with Gasteiger partial charge in [0, 0.05) is 6.07 Å². The first-order valence-electron chi connectivity index (χ1n) is 7.01. The van der Waals surface area contributed by atoms with E-state index in [1.165, 1.54) is 18.3 Å². The van der Waals surface area contributed by atoms with Gasteiger partial charge in [-0.25, -0.2) is 5.43 Å². The van der Waals surface area contributed by atoms with Crippen molar-refractivity contribution in [2.24, 2.45) is 5.10 Å². The number of hydrazone groups is 1. The van der Waals surface area contributed by atoms with Gasteiger partial charge in [0.2, 0.25) is 0 Å². The van der Waals surface area contributed by atoms with E-state index in [1.54, 1.807) is 31.2 Å². The van der Waals surface area contributed by atoms with Crippen LogP contribution in [0.5, 0.6) is 5.75 Å². The number of carbonyl (C=O) groups is 1. The smallest absolute Gasteiger partial charge is 0.311 e. The molecule has 0 spiro atoms. The Hall–Kier alpha value is -2.64. The Morgan fingerprint density at radius 1 is 1.28 bits per heavy atom. The van der Waals surface area contributed by atoms with Crippen molar-refractivity contribution in [1.82, 2.24) is 5.43 Å². The minimum absolute atomic E-state index is 0.0132. The van der Waals surface area contributed by atoms with Crippen LogP contribution in [0.25, 0.3) is 0 Å². The van der Waals surface area contributed by atoms with Crippen LogP contribution in [0.3, 0.4) is 0 Å². The second-order valence-corrected chi connectivity index (χ2v) is 5.80. The Morgan fingerprint density at radius 2 is 2.04 bits per heavy atom. The van der Waals surface area contributed by atoms with E-state index >= 15 is 0 Å². The Morgan fingerprint density at radius 3 is 2.72 bits per heavy atom. The largest absolute Gasteiger partial charge is 0.477 e. The molecule has 2 rings (SSSR count). The van der Waals surface area contributed by atoms with Crippen LogP contribution < -0.4 is 10.2 Å². The number of nitrogens with zero attached hydrogens (tertiary/aromatic N) is 2. The second-order valence-electron chi connectivity index (χ2n) is 4.98. The zero-order valence-corrected chi connectivity index (χ0v) is 14.5. The number of rotatable bonds is 6. The molecule has 0 unspecified atom stereocenters. The molecule has 7 nitrogen and oxygen atoms in total. The molecule has 0 radical (unpaired) electrons. The summed E-state index contributed by atoms with van der Waals surface area (Å²) < 4.78 is 5.19. The summed E-state index contributed by atoms with van der Waals surface area (Å²) >= 11 is 11.7. The van der Waals surface area contributed by atoms with Crippen LogP contribution in [0.1, 0.15) is 11.1 Å². The molecule has 0 aliphatic heterocycles. The van der Waals surface area contributed by atoms with E-state index < -0.39 is 17.4 Å². The highest BCUT2D eigenvalue weighted by atomic mass is 35.5. The summed E-state index contributed by atoms with van der Waals surface area (Å²) in [6, 6.07) is 9.34. The summed E-state index contributed by atoms with van der Waals surface area (Å²) in [4.78, 5) is 22.1. The average molecular weight is 382 g/mol. The summed E-state index contributed by atoms with van der Waals surface area (Å²) in [5.74, 6) is -0.551. The molecule has 0 bridgehead atoms. The minimum Gasteiger partial charge on any atom is -0.477 e. The molecule has 2 aromatic carbocycles. The number of nitrogens with one attached hydrogen (secondary N) is 1. The molecule has 0 heterocycles. The third-order valence-electron chi connectivity index (χ3n) is 3.02. The fourth-order valence-electron chi connectivity index (χ4n) is 1.84. The van der Waals surface area contributed by atoms with Gasteiger partial charge in [0.1, 0.15) is 0 Å². The highest BCUT2D eigenvalue weighted by Gasteiger charge is 2.16. The van der Waals surface area contributed by atoms with Crippen molar-refractivity contribution in [2.75, 3.05) is 6.61 Å². The van der Waals surface area contributed by atoms with Gasteiger partial charge < -0.3 is 4.74 Å². The van der Waals surface area contributed by atoms with Crippen molar-refractivity contribution >= 4 is 41.0 Å². The van der Waals surface area contributed by atoms with Gasteiger partial charge in [-0.1, -0.05) is 35.3 Å². The van der Waals surface area contributed by atoms with Gasteiger partial charge in [0.25, 0.3) is 5.91 Å². The number of halogens is 2. The van der Waals surface area contributed by atoms with E-state index in [9.17, 15) is 14.9 Å². The first-order chi connectivity index (χ1) is 11.9. The molecule has 0 aliphatic rings. The maximum Gasteiger partial charge on any atom is 0.311 e. The van der Waals surface area contributed by atoms with Gasteiger partial charge in [-0.3, -0.25) is 14.9 Å². The van der Waals surface area contributed by atoms with Crippen molar-refractivity contribution in [3.05, 3.63) is 67.7 Å². The lowest BCUT2D eigenvalue weighted by molar-refractivity contribution is -0.385. The van der Waals surface area contributed by atoms with Gasteiger partial charge in [0.15, 0.2) is 12.4 Å². The fourth-order valence-corrected chi connectivity index (χ4v) is 2.15. The van der Waals surface area contributed by atoms with Gasteiger partial charge >= 0.3 is 5.69 Å². The van der Waals surface area contributed by atoms with E-state index in [0.717, 1.165) is 5.56 Å². The number of carbonyl (C=O) groups excluding carboxylic acids is 1. The van der Waals surface area contributed by atoms with Gasteiger partial charge in [0.05, 0.1) is 21.2 Å². The maximum atomic E-state index is 11.7. The molecule has 130 valence electrons. The molecule has 0 aliphatic carbocycles. The summed E-state index contributed by atoms with van der Waals surface area (Å²) in [7, 11) is 0. The van der Waals surface area contributed by atoms with Gasteiger partial charge in [-0.2, -0.15) is 5.10 Å². The van der Waals surface area contributed by atoms with E-state index in [4.69, 9.17) is 27.9 Å². The molecular weight excluding hydrogens is 369 g/mol. The monoisotopic (exact) mass is 381 g/mol. The van der Waals surface area contributed by atoms with Crippen molar-refractivity contribution < 1.29 is 14.5 Å². The van der Waals surface area contributed by atoms with Crippen LogP contribution in [0.15, 0.2) is 41.5 Å². The quantitative estimate of drug-likeness (QED) is 0.468. The third-order valence-corrected chi connectivity index (χ3v) is 3.76. The maximum absolute atomic E-state index is 11.7. The predicted octanol–water partition coefficient (Wildman–Crippen LogP) is 3.74. The number of nitro groups is 1. The Balaban J connectivity index is 1.92. The van der Waals surface area contributed by atoms with E-state index in [-0.39, 0.29) is 11.4 Å². The molecule has 9 heteroatoms. The highest BCUT2D eigenvalue weighted by Crippen LogP contribution is 2.27. The number of hydrogen-bond donors (Lipinski definition) is 1. The number of hydrogen-bond acceptors (Lipinski definition) is 5. The first kappa shape index (κ1) is 18.7. The number of aryl methyl sites for hydroxylation is 1. The minimum atomic E-state index is -0.567. The number of nitro benzene ring substituents is 1. The zero-order chi connectivity index (χ0) is 18.4. The lowest BCUT2D eigenvalue weighted by atomic mass is 10.2. The van der Waals surface area contributed by atoms with Crippen molar-refractivity contribution in [2.45, 2.75) is 6.92 Å². The fraction of sp³-hybridized carbons (Fsp3) is 0.125. The van der Waals surface area contributed by atoms with E-state index in [0.29, 0.717) is 15.6 Å². The van der Waals surface area contributed by atoms with E-state index in [2.05, 4.69) is 10.5 Å². The molecule has 25 heavy (non-hydrogen) atoms. The number of benzene rings is 2. The van der Waals surface area contributed by atoms with Crippen molar-refractivity contribution in [1.29, 1.82) is 0 Å². The van der Waals surface area contributed by atoms with Gasteiger partial charge in [-0.15, -0.1) is 0 Å². The van der Waals surface area contributed by atoms with Crippen LogP contribution in [-0.4, -0.2) is 23.7 Å². The molecular formula is C16H13Cl2N3O4. The molecule has 1 amide bonds. The molecule has 0 atom stereocenters. The summed E-state index contributed by atoms with van der Waals surface area (Å²) in [5, 5.41) is 15.5. The Bertz CT molecular complexity index is 840. The number of ether oxygens (including phenoxy) is 1. The lowest BCUT2D eigenvalue weighted by Crippen LogP contribution is -2.24. The van der Waals surface area contributed by atoms with Crippen molar-refractivity contribution in [3.63, 3.8) is 0 Å². The standard InChI is InChI=1S/C16H13Cl2N3O4/c1-10-2-5-15(14(6-10)21(23)24)25-9-16(22)20-19-8-11-3-4-12(17)13(18)7-11/h2-8H,9H2,1H3,(H,20,22)/b19-8-. The van der Waals surface area contributed by atoms with Crippen LogP contribution >= 0.6 is 23.2 Å². The summed E-state index contributed by atoms with van der Waals surface area (Å²) in [6.07, 6.45) is 1.38. The molecule has 1 N–H and O–H groups in total. The Kier molecular flexibility index (Phi) is 6.32. The van der Waals surface area contributed by atoms with Gasteiger partial charge in [-0.05, 0) is 36.2 Å². The molecule has 0 saturated heterocycles. The SMILES string of the molecule is Cc1ccc(OCC(=O)N/N=C\c2ccc(Cl)c(Cl)c2)c([N+](=O)[O-])c1. The van der Waals surface area contributed by atoms with Crippen LogP contribution in [-0.2, 0) is 4.79 Å². The van der Waals surface area contributed by atoms with Crippen LogP contribution in [0.4, 0.5) is 5.69 Å². The van der Waals surface area contributed by atoms with Crippen LogP contribution in [0, 0.1) is 17.0 Å². The molecule has 0 fully saturated rings. The Labute approximate surface area is 153 Å². The number of amides is 1.